The molecule has 1 saturated heterocycles. The zero-order valence-corrected chi connectivity index (χ0v) is 10.7. The number of likely N-dealkylation sites (tertiary alicyclic amines) is 1. The average Bonchev–Trinajstić information content (AvgIpc) is 2.41. The number of nitrogens with one attached hydrogen (secondary N) is 1. The molecule has 0 atom stereocenters. The molecule has 0 saturated carbocycles. The van der Waals surface area contributed by atoms with E-state index in [1.165, 1.54) is 0 Å². The number of rotatable bonds is 4. The zero-order valence-electron chi connectivity index (χ0n) is 10.7. The molecule has 0 aliphatic carbocycles. The van der Waals surface area contributed by atoms with Gasteiger partial charge in [-0.3, -0.25) is 14.7 Å². The van der Waals surface area contributed by atoms with Crippen LogP contribution in [0.25, 0.3) is 0 Å². The van der Waals surface area contributed by atoms with Gasteiger partial charge in [0.15, 0.2) is 0 Å². The van der Waals surface area contributed by atoms with Gasteiger partial charge in [-0.05, 0) is 18.9 Å². The molecule has 6 heteroatoms. The predicted molar refractivity (Wildman–Crippen MR) is 71.2 cm³/mol. The predicted octanol–water partition coefficient (Wildman–Crippen LogP) is 0.315. The highest BCUT2D eigenvalue weighted by Gasteiger charge is 2.20. The maximum Gasteiger partial charge on any atom is 0.231 e. The van der Waals surface area contributed by atoms with Crippen LogP contribution >= 0.6 is 0 Å². The maximum atomic E-state index is 10.8. The first-order chi connectivity index (χ1) is 9.19. The monoisotopic (exact) mass is 259 g/mol. The Hall–Kier alpha value is -2.13. The summed E-state index contributed by atoms with van der Waals surface area (Å²) in [6.45, 7) is 1.99. The van der Waals surface area contributed by atoms with E-state index in [1.807, 2.05) is 0 Å². The number of pyridine rings is 1. The van der Waals surface area contributed by atoms with Crippen molar-refractivity contribution in [1.29, 1.82) is 5.26 Å². The first kappa shape index (κ1) is 13.3. The van der Waals surface area contributed by atoms with Crippen LogP contribution in [0.4, 0.5) is 5.69 Å². The van der Waals surface area contributed by atoms with E-state index in [0.29, 0.717) is 18.2 Å². The summed E-state index contributed by atoms with van der Waals surface area (Å²) in [4.78, 5) is 16.9. The number of piperidine rings is 1. The lowest BCUT2D eigenvalue weighted by Crippen LogP contribution is -2.43. The molecule has 100 valence electrons. The van der Waals surface area contributed by atoms with Crippen molar-refractivity contribution in [2.24, 2.45) is 5.73 Å². The van der Waals surface area contributed by atoms with E-state index in [-0.39, 0.29) is 5.91 Å². The molecule has 0 bridgehead atoms. The molecule has 1 aliphatic rings. The van der Waals surface area contributed by atoms with Crippen LogP contribution in [0, 0.1) is 11.3 Å². The summed E-state index contributed by atoms with van der Waals surface area (Å²) in [5.41, 5.74) is 6.56. The number of hydrogen-bond acceptors (Lipinski definition) is 5. The molecule has 0 spiro atoms. The van der Waals surface area contributed by atoms with Crippen LogP contribution in [-0.2, 0) is 4.79 Å². The average molecular weight is 259 g/mol. The van der Waals surface area contributed by atoms with E-state index in [9.17, 15) is 4.79 Å². The van der Waals surface area contributed by atoms with Crippen molar-refractivity contribution in [2.75, 3.05) is 25.0 Å². The third-order valence-corrected chi connectivity index (χ3v) is 3.27. The number of anilines is 1. The highest BCUT2D eigenvalue weighted by molar-refractivity contribution is 5.75. The molecular formula is C13H17N5O. The molecule has 6 nitrogen and oxygen atoms in total. The van der Waals surface area contributed by atoms with Crippen LogP contribution in [0.2, 0.25) is 0 Å². The van der Waals surface area contributed by atoms with Crippen molar-refractivity contribution in [2.45, 2.75) is 18.9 Å². The molecule has 0 unspecified atom stereocenters. The van der Waals surface area contributed by atoms with Gasteiger partial charge < -0.3 is 11.1 Å². The molecule has 2 heterocycles. The number of nitrogens with two attached hydrogens (primary N) is 1. The van der Waals surface area contributed by atoms with Crippen LogP contribution in [0.5, 0.6) is 0 Å². The molecule has 1 fully saturated rings. The van der Waals surface area contributed by atoms with Crippen LogP contribution in [-0.4, -0.2) is 41.5 Å². The second kappa shape index (κ2) is 6.16. The number of hydrogen-bond donors (Lipinski definition) is 2. The summed E-state index contributed by atoms with van der Waals surface area (Å²) < 4.78 is 0. The Bertz CT molecular complexity index is 488. The Morgan fingerprint density at radius 2 is 2.32 bits per heavy atom. The SMILES string of the molecule is N#Cc1ccncc1NC1CCN(CC(N)=O)CC1. The Morgan fingerprint density at radius 1 is 1.58 bits per heavy atom. The van der Waals surface area contributed by atoms with E-state index in [2.05, 4.69) is 21.3 Å². The summed E-state index contributed by atoms with van der Waals surface area (Å²) in [5.74, 6) is -0.287. The normalized spacial score (nSPS) is 16.8. The zero-order chi connectivity index (χ0) is 13.7. The molecule has 1 amide bonds. The topological polar surface area (TPSA) is 95.0 Å². The van der Waals surface area contributed by atoms with Crippen LogP contribution in [0.1, 0.15) is 18.4 Å². The minimum absolute atomic E-state index is 0.287. The first-order valence-corrected chi connectivity index (χ1v) is 6.30. The molecule has 0 aromatic carbocycles. The second-order valence-corrected chi connectivity index (χ2v) is 4.69. The quantitative estimate of drug-likeness (QED) is 0.811. The number of carbonyl (C=O) groups excluding carboxylic acids is 1. The van der Waals surface area contributed by atoms with Gasteiger partial charge in [-0.1, -0.05) is 0 Å². The van der Waals surface area contributed by atoms with Gasteiger partial charge in [-0.15, -0.1) is 0 Å². The van der Waals surface area contributed by atoms with Crippen molar-refractivity contribution in [3.8, 4) is 6.07 Å². The first-order valence-electron chi connectivity index (χ1n) is 6.30. The molecule has 0 radical (unpaired) electrons. The van der Waals surface area contributed by atoms with E-state index in [1.54, 1.807) is 18.5 Å². The summed E-state index contributed by atoms with van der Waals surface area (Å²) in [7, 11) is 0. The number of nitrogens with zero attached hydrogens (tertiary/aromatic N) is 3. The van der Waals surface area contributed by atoms with Crippen molar-refractivity contribution in [3.63, 3.8) is 0 Å². The molecule has 1 aromatic rings. The van der Waals surface area contributed by atoms with Crippen molar-refractivity contribution in [3.05, 3.63) is 24.0 Å². The highest BCUT2D eigenvalue weighted by atomic mass is 16.1. The van der Waals surface area contributed by atoms with Gasteiger partial charge in [0.1, 0.15) is 6.07 Å². The van der Waals surface area contributed by atoms with Crippen molar-refractivity contribution >= 4 is 11.6 Å². The summed E-state index contributed by atoms with van der Waals surface area (Å²) >= 11 is 0. The third-order valence-electron chi connectivity index (χ3n) is 3.27. The summed E-state index contributed by atoms with van der Waals surface area (Å²) in [6.07, 6.45) is 5.13. The van der Waals surface area contributed by atoms with Gasteiger partial charge in [-0.25, -0.2) is 0 Å². The van der Waals surface area contributed by atoms with E-state index >= 15 is 0 Å². The Morgan fingerprint density at radius 3 is 2.95 bits per heavy atom. The molecule has 3 N–H and O–H groups in total. The van der Waals surface area contributed by atoms with Crippen LogP contribution < -0.4 is 11.1 Å². The lowest BCUT2D eigenvalue weighted by molar-refractivity contribution is -0.119. The lowest BCUT2D eigenvalue weighted by Gasteiger charge is -2.32. The number of primary amides is 1. The molecule has 2 rings (SSSR count). The van der Waals surface area contributed by atoms with E-state index in [4.69, 9.17) is 11.0 Å². The van der Waals surface area contributed by atoms with Gasteiger partial charge in [-0.2, -0.15) is 5.26 Å². The minimum Gasteiger partial charge on any atom is -0.380 e. The smallest absolute Gasteiger partial charge is 0.231 e. The van der Waals surface area contributed by atoms with Gasteiger partial charge >= 0.3 is 0 Å². The van der Waals surface area contributed by atoms with Gasteiger partial charge in [0.2, 0.25) is 5.91 Å². The Kier molecular flexibility index (Phi) is 4.31. The molecule has 1 aromatic heterocycles. The largest absolute Gasteiger partial charge is 0.380 e. The number of nitriles is 1. The molecule has 19 heavy (non-hydrogen) atoms. The van der Waals surface area contributed by atoms with Crippen LogP contribution in [0.3, 0.4) is 0 Å². The summed E-state index contributed by atoms with van der Waals surface area (Å²) in [5, 5.41) is 12.4. The number of amides is 1. The standard InChI is InChI=1S/C13H17N5O/c14-7-10-1-4-16-8-12(10)17-11-2-5-18(6-3-11)9-13(15)19/h1,4,8,11,17H,2-3,5-6,9H2,(H2,15,19). The molecule has 1 aliphatic heterocycles. The fourth-order valence-corrected chi connectivity index (χ4v) is 2.28. The minimum atomic E-state index is -0.287. The van der Waals surface area contributed by atoms with Crippen LogP contribution in [0.15, 0.2) is 18.5 Å². The fraction of sp³-hybridized carbons (Fsp3) is 0.462. The van der Waals surface area contributed by atoms with E-state index < -0.39 is 0 Å². The second-order valence-electron chi connectivity index (χ2n) is 4.69. The van der Waals surface area contributed by atoms with Gasteiger partial charge in [0.05, 0.1) is 24.0 Å². The lowest BCUT2D eigenvalue weighted by atomic mass is 10.0. The summed E-state index contributed by atoms with van der Waals surface area (Å²) in [6, 6.07) is 4.15. The fourth-order valence-electron chi connectivity index (χ4n) is 2.28. The highest BCUT2D eigenvalue weighted by Crippen LogP contribution is 2.18. The number of carbonyl (C=O) groups is 1. The number of aromatic nitrogens is 1. The maximum absolute atomic E-state index is 10.8. The third kappa shape index (κ3) is 3.66. The van der Waals surface area contributed by atoms with Crippen molar-refractivity contribution < 1.29 is 4.79 Å². The van der Waals surface area contributed by atoms with Gasteiger partial charge in [0, 0.05) is 25.3 Å². The molecular weight excluding hydrogens is 242 g/mol. The van der Waals surface area contributed by atoms with E-state index in [0.717, 1.165) is 31.6 Å². The van der Waals surface area contributed by atoms with Crippen molar-refractivity contribution in [1.82, 2.24) is 9.88 Å². The Labute approximate surface area is 112 Å². The van der Waals surface area contributed by atoms with Gasteiger partial charge in [0.25, 0.3) is 0 Å². The Balaban J connectivity index is 1.89.